The SMILES string of the molecule is Cc1nnc2c(cnc3ccccc32)n1. The number of nitrogens with zero attached hydrogens (tertiary/aromatic N) is 4. The predicted molar refractivity (Wildman–Crippen MR) is 57.4 cm³/mol. The van der Waals surface area contributed by atoms with E-state index in [2.05, 4.69) is 20.2 Å². The summed E-state index contributed by atoms with van der Waals surface area (Å²) in [6.45, 7) is 1.82. The van der Waals surface area contributed by atoms with Gasteiger partial charge in [-0.3, -0.25) is 4.98 Å². The fraction of sp³-hybridized carbons (Fsp3) is 0.0909. The molecule has 0 N–H and O–H groups in total. The van der Waals surface area contributed by atoms with Crippen molar-refractivity contribution in [3.63, 3.8) is 0 Å². The Bertz CT molecular complexity index is 648. The number of fused-ring (bicyclic) bond motifs is 3. The minimum Gasteiger partial charge on any atom is -0.254 e. The molecule has 0 fully saturated rings. The monoisotopic (exact) mass is 196 g/mol. The summed E-state index contributed by atoms with van der Waals surface area (Å²) in [6.07, 6.45) is 1.74. The van der Waals surface area contributed by atoms with E-state index in [0.29, 0.717) is 5.82 Å². The Hall–Kier alpha value is -2.10. The molecular formula is C11H8N4. The molecule has 1 aromatic carbocycles. The predicted octanol–water partition coefficient (Wildman–Crippen LogP) is 1.88. The van der Waals surface area contributed by atoms with Crippen LogP contribution in [-0.4, -0.2) is 20.2 Å². The lowest BCUT2D eigenvalue weighted by molar-refractivity contribution is 0.952. The Labute approximate surface area is 86.0 Å². The summed E-state index contributed by atoms with van der Waals surface area (Å²) in [4.78, 5) is 8.61. The maximum absolute atomic E-state index is 4.32. The molecule has 72 valence electrons. The second kappa shape index (κ2) is 2.95. The molecule has 0 saturated heterocycles. The lowest BCUT2D eigenvalue weighted by Crippen LogP contribution is -1.94. The highest BCUT2D eigenvalue weighted by atomic mass is 15.1. The fourth-order valence-corrected chi connectivity index (χ4v) is 1.62. The van der Waals surface area contributed by atoms with E-state index in [1.807, 2.05) is 31.2 Å². The van der Waals surface area contributed by atoms with Gasteiger partial charge in [0.25, 0.3) is 0 Å². The first-order chi connectivity index (χ1) is 7.34. The lowest BCUT2D eigenvalue weighted by Gasteiger charge is -2.00. The Morgan fingerprint density at radius 3 is 2.80 bits per heavy atom. The number of aryl methyl sites for hydroxylation is 1. The van der Waals surface area contributed by atoms with E-state index in [9.17, 15) is 0 Å². The smallest absolute Gasteiger partial charge is 0.148 e. The van der Waals surface area contributed by atoms with Gasteiger partial charge in [0.05, 0.1) is 11.7 Å². The third kappa shape index (κ3) is 1.22. The van der Waals surface area contributed by atoms with Gasteiger partial charge >= 0.3 is 0 Å². The molecule has 0 aliphatic carbocycles. The largest absolute Gasteiger partial charge is 0.254 e. The molecule has 0 amide bonds. The number of aromatic nitrogens is 4. The summed E-state index contributed by atoms with van der Waals surface area (Å²) in [5.41, 5.74) is 2.53. The molecule has 0 atom stereocenters. The summed E-state index contributed by atoms with van der Waals surface area (Å²) in [7, 11) is 0. The van der Waals surface area contributed by atoms with E-state index >= 15 is 0 Å². The van der Waals surface area contributed by atoms with Gasteiger partial charge in [-0.2, -0.15) is 0 Å². The molecule has 4 nitrogen and oxygen atoms in total. The number of hydrogen-bond acceptors (Lipinski definition) is 4. The van der Waals surface area contributed by atoms with Gasteiger partial charge in [0, 0.05) is 5.39 Å². The Morgan fingerprint density at radius 1 is 1.00 bits per heavy atom. The van der Waals surface area contributed by atoms with Crippen molar-refractivity contribution in [1.82, 2.24) is 20.2 Å². The van der Waals surface area contributed by atoms with Gasteiger partial charge in [-0.1, -0.05) is 18.2 Å². The molecule has 0 unspecified atom stereocenters. The highest BCUT2D eigenvalue weighted by molar-refractivity contribution is 6.00. The summed E-state index contributed by atoms with van der Waals surface area (Å²) in [5, 5.41) is 9.12. The number of para-hydroxylation sites is 1. The van der Waals surface area contributed by atoms with E-state index in [0.717, 1.165) is 21.9 Å². The highest BCUT2D eigenvalue weighted by Crippen LogP contribution is 2.18. The van der Waals surface area contributed by atoms with Gasteiger partial charge in [0.15, 0.2) is 0 Å². The molecule has 0 saturated carbocycles. The van der Waals surface area contributed by atoms with E-state index in [1.165, 1.54) is 0 Å². The zero-order chi connectivity index (χ0) is 10.3. The van der Waals surface area contributed by atoms with E-state index in [1.54, 1.807) is 6.20 Å². The molecule has 0 aliphatic heterocycles. The van der Waals surface area contributed by atoms with Gasteiger partial charge < -0.3 is 0 Å². The maximum Gasteiger partial charge on any atom is 0.148 e. The van der Waals surface area contributed by atoms with Gasteiger partial charge in [-0.05, 0) is 13.0 Å². The molecule has 3 aromatic rings. The van der Waals surface area contributed by atoms with Crippen LogP contribution in [0.2, 0.25) is 0 Å². The molecule has 0 spiro atoms. The minimum atomic E-state index is 0.666. The van der Waals surface area contributed by atoms with E-state index in [4.69, 9.17) is 0 Å². The van der Waals surface area contributed by atoms with Crippen LogP contribution in [0.5, 0.6) is 0 Å². The number of hydrogen-bond donors (Lipinski definition) is 0. The van der Waals surface area contributed by atoms with Crippen LogP contribution in [0.15, 0.2) is 30.5 Å². The Morgan fingerprint density at radius 2 is 1.87 bits per heavy atom. The first kappa shape index (κ1) is 8.23. The van der Waals surface area contributed by atoms with Crippen molar-refractivity contribution in [1.29, 1.82) is 0 Å². The van der Waals surface area contributed by atoms with Crippen LogP contribution >= 0.6 is 0 Å². The van der Waals surface area contributed by atoms with Crippen molar-refractivity contribution >= 4 is 21.9 Å². The van der Waals surface area contributed by atoms with Crippen molar-refractivity contribution in [2.24, 2.45) is 0 Å². The third-order valence-corrected chi connectivity index (χ3v) is 2.30. The standard InChI is InChI=1S/C11H8N4/c1-7-13-10-6-12-9-5-3-2-4-8(9)11(10)15-14-7/h2-6H,1H3. The Balaban J connectivity index is 2.55. The van der Waals surface area contributed by atoms with Crippen molar-refractivity contribution in [3.8, 4) is 0 Å². The molecule has 2 heterocycles. The van der Waals surface area contributed by atoms with Gasteiger partial charge in [0.2, 0.25) is 0 Å². The topological polar surface area (TPSA) is 51.6 Å². The molecule has 0 aliphatic rings. The zero-order valence-electron chi connectivity index (χ0n) is 8.18. The maximum atomic E-state index is 4.32. The molecule has 4 heteroatoms. The van der Waals surface area contributed by atoms with Crippen LogP contribution < -0.4 is 0 Å². The van der Waals surface area contributed by atoms with Crippen LogP contribution in [0.3, 0.4) is 0 Å². The summed E-state index contributed by atoms with van der Waals surface area (Å²) >= 11 is 0. The van der Waals surface area contributed by atoms with Gasteiger partial charge in [-0.25, -0.2) is 4.98 Å². The number of rotatable bonds is 0. The second-order valence-electron chi connectivity index (χ2n) is 3.37. The normalized spacial score (nSPS) is 11.0. The van der Waals surface area contributed by atoms with Crippen LogP contribution in [0.4, 0.5) is 0 Å². The average molecular weight is 196 g/mol. The molecule has 3 rings (SSSR count). The molecular weight excluding hydrogens is 188 g/mol. The first-order valence-corrected chi connectivity index (χ1v) is 4.69. The van der Waals surface area contributed by atoms with E-state index < -0.39 is 0 Å². The third-order valence-electron chi connectivity index (χ3n) is 2.30. The minimum absolute atomic E-state index is 0.666. The Kier molecular flexibility index (Phi) is 1.62. The number of pyridine rings is 1. The van der Waals surface area contributed by atoms with Gasteiger partial charge in [-0.15, -0.1) is 10.2 Å². The van der Waals surface area contributed by atoms with Crippen molar-refractivity contribution in [2.45, 2.75) is 6.92 Å². The number of benzene rings is 1. The van der Waals surface area contributed by atoms with Gasteiger partial charge in [0.1, 0.15) is 16.9 Å². The highest BCUT2D eigenvalue weighted by Gasteiger charge is 2.03. The average Bonchev–Trinajstić information content (AvgIpc) is 2.28. The first-order valence-electron chi connectivity index (χ1n) is 4.69. The van der Waals surface area contributed by atoms with Crippen LogP contribution in [0, 0.1) is 6.92 Å². The summed E-state index contributed by atoms with van der Waals surface area (Å²) in [6, 6.07) is 7.86. The molecule has 0 radical (unpaired) electrons. The molecule has 0 bridgehead atoms. The van der Waals surface area contributed by atoms with Crippen molar-refractivity contribution in [2.75, 3.05) is 0 Å². The zero-order valence-corrected chi connectivity index (χ0v) is 8.18. The van der Waals surface area contributed by atoms with Crippen LogP contribution in [0.25, 0.3) is 21.9 Å². The fourth-order valence-electron chi connectivity index (χ4n) is 1.62. The van der Waals surface area contributed by atoms with Crippen LogP contribution in [0.1, 0.15) is 5.82 Å². The second-order valence-corrected chi connectivity index (χ2v) is 3.37. The van der Waals surface area contributed by atoms with Crippen molar-refractivity contribution in [3.05, 3.63) is 36.3 Å². The quantitative estimate of drug-likeness (QED) is 0.515. The summed E-state index contributed by atoms with van der Waals surface area (Å²) < 4.78 is 0. The van der Waals surface area contributed by atoms with Crippen molar-refractivity contribution < 1.29 is 0 Å². The van der Waals surface area contributed by atoms with Crippen LogP contribution in [-0.2, 0) is 0 Å². The molecule has 15 heavy (non-hydrogen) atoms. The lowest BCUT2D eigenvalue weighted by atomic mass is 10.2. The summed E-state index contributed by atoms with van der Waals surface area (Å²) in [5.74, 6) is 0.666. The molecule has 2 aromatic heterocycles. The van der Waals surface area contributed by atoms with E-state index in [-0.39, 0.29) is 0 Å².